The van der Waals surface area contributed by atoms with Crippen molar-refractivity contribution >= 4 is 11.9 Å². The molecule has 1 unspecified atom stereocenters. The number of likely N-dealkylation sites (tertiary alicyclic amines) is 1. The van der Waals surface area contributed by atoms with Gasteiger partial charge in [-0.25, -0.2) is 0 Å². The van der Waals surface area contributed by atoms with Gasteiger partial charge in [0.1, 0.15) is 0 Å². The van der Waals surface area contributed by atoms with Gasteiger partial charge in [0.15, 0.2) is 0 Å². The first-order valence-electron chi connectivity index (χ1n) is 7.10. The van der Waals surface area contributed by atoms with Crippen molar-refractivity contribution in [2.75, 3.05) is 13.1 Å². The van der Waals surface area contributed by atoms with E-state index in [1.165, 1.54) is 0 Å². The maximum Gasteiger partial charge on any atom is 0.309 e. The summed E-state index contributed by atoms with van der Waals surface area (Å²) in [4.78, 5) is 25.4. The molecule has 1 saturated heterocycles. The van der Waals surface area contributed by atoms with Crippen LogP contribution in [0.4, 0.5) is 0 Å². The molecule has 0 aromatic heterocycles. The van der Waals surface area contributed by atoms with E-state index in [0.717, 1.165) is 0 Å². The lowest BCUT2D eigenvalue weighted by molar-refractivity contribution is -0.152. The van der Waals surface area contributed by atoms with Gasteiger partial charge >= 0.3 is 5.97 Å². The predicted octanol–water partition coefficient (Wildman–Crippen LogP) is 1.48. The summed E-state index contributed by atoms with van der Waals surface area (Å²) in [6.07, 6.45) is 1.90. The second-order valence-corrected chi connectivity index (χ2v) is 5.81. The number of carboxylic acids is 1. The van der Waals surface area contributed by atoms with Crippen LogP contribution in [0.15, 0.2) is 0 Å². The molecule has 0 aromatic carbocycles. The second-order valence-electron chi connectivity index (χ2n) is 5.81. The topological polar surface area (TPSA) is 69.6 Å². The standard InChI is InChI=1S/C14H26N2O3/c1-5-14(13(18)19)6-8-16(9-7-14)11(4)12(17)15-10(2)3/h10-11H,5-9H2,1-4H3,(H,15,17)(H,18,19). The maximum absolute atomic E-state index is 11.9. The van der Waals surface area contributed by atoms with Crippen molar-refractivity contribution in [3.8, 4) is 0 Å². The molecule has 19 heavy (non-hydrogen) atoms. The van der Waals surface area contributed by atoms with Crippen molar-refractivity contribution in [3.63, 3.8) is 0 Å². The summed E-state index contributed by atoms with van der Waals surface area (Å²) in [5, 5.41) is 12.2. The monoisotopic (exact) mass is 270 g/mol. The van der Waals surface area contributed by atoms with Gasteiger partial charge in [-0.2, -0.15) is 0 Å². The Morgan fingerprint density at radius 1 is 1.26 bits per heavy atom. The van der Waals surface area contributed by atoms with Crippen LogP contribution in [0, 0.1) is 5.41 Å². The Morgan fingerprint density at radius 3 is 2.16 bits per heavy atom. The largest absolute Gasteiger partial charge is 0.481 e. The molecule has 1 aliphatic heterocycles. The van der Waals surface area contributed by atoms with Crippen molar-refractivity contribution in [2.24, 2.45) is 5.41 Å². The number of hydrogen-bond acceptors (Lipinski definition) is 3. The van der Waals surface area contributed by atoms with E-state index in [4.69, 9.17) is 0 Å². The van der Waals surface area contributed by atoms with Gasteiger partial charge in [-0.15, -0.1) is 0 Å². The zero-order chi connectivity index (χ0) is 14.6. The lowest BCUT2D eigenvalue weighted by Crippen LogP contribution is -2.52. The summed E-state index contributed by atoms with van der Waals surface area (Å²) in [7, 11) is 0. The van der Waals surface area contributed by atoms with Crippen molar-refractivity contribution in [2.45, 2.75) is 59.0 Å². The highest BCUT2D eigenvalue weighted by Crippen LogP contribution is 2.35. The van der Waals surface area contributed by atoms with Crippen LogP contribution in [0.3, 0.4) is 0 Å². The summed E-state index contributed by atoms with van der Waals surface area (Å²) < 4.78 is 0. The van der Waals surface area contributed by atoms with Gasteiger partial charge < -0.3 is 10.4 Å². The molecule has 1 fully saturated rings. The van der Waals surface area contributed by atoms with Gasteiger partial charge in [-0.1, -0.05) is 6.92 Å². The predicted molar refractivity (Wildman–Crippen MR) is 73.9 cm³/mol. The first kappa shape index (κ1) is 16.0. The highest BCUT2D eigenvalue weighted by atomic mass is 16.4. The molecule has 2 N–H and O–H groups in total. The first-order valence-corrected chi connectivity index (χ1v) is 7.10. The van der Waals surface area contributed by atoms with E-state index in [1.54, 1.807) is 0 Å². The molecule has 5 nitrogen and oxygen atoms in total. The average Bonchev–Trinajstić information content (AvgIpc) is 2.37. The molecule has 5 heteroatoms. The van der Waals surface area contributed by atoms with Crippen LogP contribution in [-0.2, 0) is 9.59 Å². The van der Waals surface area contributed by atoms with Gasteiger partial charge in [0, 0.05) is 19.1 Å². The molecule has 1 amide bonds. The van der Waals surface area contributed by atoms with E-state index in [0.29, 0.717) is 32.4 Å². The van der Waals surface area contributed by atoms with Crippen LogP contribution in [0.2, 0.25) is 0 Å². The Morgan fingerprint density at radius 2 is 1.79 bits per heavy atom. The van der Waals surface area contributed by atoms with E-state index in [2.05, 4.69) is 10.2 Å². The summed E-state index contributed by atoms with van der Waals surface area (Å²) in [6.45, 7) is 9.04. The summed E-state index contributed by atoms with van der Waals surface area (Å²) in [6, 6.07) is -0.0560. The molecule has 110 valence electrons. The molecule has 1 atom stereocenters. The van der Waals surface area contributed by atoms with Crippen molar-refractivity contribution in [3.05, 3.63) is 0 Å². The third-order valence-electron chi connectivity index (χ3n) is 4.24. The number of piperidine rings is 1. The lowest BCUT2D eigenvalue weighted by atomic mass is 9.76. The minimum absolute atomic E-state index is 0.0225. The number of nitrogens with zero attached hydrogens (tertiary/aromatic N) is 1. The molecule has 0 saturated carbocycles. The van der Waals surface area contributed by atoms with Crippen LogP contribution < -0.4 is 5.32 Å². The Balaban J connectivity index is 2.58. The number of rotatable bonds is 5. The summed E-state index contributed by atoms with van der Waals surface area (Å²) in [5.74, 6) is -0.678. The molecule has 1 aliphatic rings. The van der Waals surface area contributed by atoms with E-state index in [-0.39, 0.29) is 18.0 Å². The second kappa shape index (κ2) is 6.37. The van der Waals surface area contributed by atoms with Gasteiger partial charge in [0.25, 0.3) is 0 Å². The smallest absolute Gasteiger partial charge is 0.309 e. The van der Waals surface area contributed by atoms with Gasteiger partial charge in [0.2, 0.25) is 5.91 Å². The molecule has 0 aliphatic carbocycles. The molecular formula is C14H26N2O3. The quantitative estimate of drug-likeness (QED) is 0.794. The van der Waals surface area contributed by atoms with Gasteiger partial charge in [0.05, 0.1) is 11.5 Å². The fourth-order valence-electron chi connectivity index (χ4n) is 2.63. The number of nitrogens with one attached hydrogen (secondary N) is 1. The zero-order valence-corrected chi connectivity index (χ0v) is 12.4. The molecule has 0 spiro atoms. The van der Waals surface area contributed by atoms with Gasteiger partial charge in [-0.05, 0) is 40.0 Å². The Hall–Kier alpha value is -1.10. The summed E-state index contributed by atoms with van der Waals surface area (Å²) in [5.41, 5.74) is -0.593. The zero-order valence-electron chi connectivity index (χ0n) is 12.4. The van der Waals surface area contributed by atoms with Crippen LogP contribution in [0.25, 0.3) is 0 Å². The Bertz CT molecular complexity index is 334. The van der Waals surface area contributed by atoms with Crippen LogP contribution in [0.1, 0.15) is 47.0 Å². The highest BCUT2D eigenvalue weighted by molar-refractivity contribution is 5.81. The number of hydrogen-bond donors (Lipinski definition) is 2. The summed E-state index contributed by atoms with van der Waals surface area (Å²) >= 11 is 0. The molecule has 1 heterocycles. The lowest BCUT2D eigenvalue weighted by Gasteiger charge is -2.40. The number of aliphatic carboxylic acids is 1. The van der Waals surface area contributed by atoms with E-state index in [1.807, 2.05) is 27.7 Å². The van der Waals surface area contributed by atoms with E-state index in [9.17, 15) is 14.7 Å². The fraction of sp³-hybridized carbons (Fsp3) is 0.857. The molecule has 1 rings (SSSR count). The van der Waals surface area contributed by atoms with Crippen LogP contribution >= 0.6 is 0 Å². The van der Waals surface area contributed by atoms with Crippen molar-refractivity contribution in [1.29, 1.82) is 0 Å². The average molecular weight is 270 g/mol. The minimum atomic E-state index is -0.700. The van der Waals surface area contributed by atoms with Crippen LogP contribution in [0.5, 0.6) is 0 Å². The Kier molecular flexibility index (Phi) is 5.35. The number of amides is 1. The van der Waals surface area contributed by atoms with E-state index >= 15 is 0 Å². The molecule has 0 bridgehead atoms. The highest BCUT2D eigenvalue weighted by Gasteiger charge is 2.41. The van der Waals surface area contributed by atoms with Gasteiger partial charge in [-0.3, -0.25) is 14.5 Å². The number of carbonyl (C=O) groups is 2. The van der Waals surface area contributed by atoms with Crippen molar-refractivity contribution in [1.82, 2.24) is 10.2 Å². The Labute approximate surface area is 115 Å². The molecule has 0 radical (unpaired) electrons. The maximum atomic E-state index is 11.9. The first-order chi connectivity index (χ1) is 8.82. The third kappa shape index (κ3) is 3.69. The third-order valence-corrected chi connectivity index (χ3v) is 4.24. The van der Waals surface area contributed by atoms with Crippen molar-refractivity contribution < 1.29 is 14.7 Å². The van der Waals surface area contributed by atoms with E-state index < -0.39 is 11.4 Å². The molecular weight excluding hydrogens is 244 g/mol. The number of carbonyl (C=O) groups excluding carboxylic acids is 1. The van der Waals surface area contributed by atoms with Crippen LogP contribution in [-0.4, -0.2) is 47.1 Å². The minimum Gasteiger partial charge on any atom is -0.481 e. The molecule has 0 aromatic rings. The fourth-order valence-corrected chi connectivity index (χ4v) is 2.63. The SMILES string of the molecule is CCC1(C(=O)O)CCN(C(C)C(=O)NC(C)C)CC1. The number of carboxylic acid groups (broad SMARTS) is 1. The normalized spacial score (nSPS) is 21.1.